The number of ketones is 1. The summed E-state index contributed by atoms with van der Waals surface area (Å²) in [5.41, 5.74) is 0.787. The molecular weight excluding hydrogens is 243 g/mol. The molecule has 4 heteroatoms. The fourth-order valence-corrected chi connectivity index (χ4v) is 1.69. The van der Waals surface area contributed by atoms with Gasteiger partial charge in [-0.1, -0.05) is 17.7 Å². The number of hydrogen-bond acceptors (Lipinski definition) is 2. The van der Waals surface area contributed by atoms with Gasteiger partial charge in [0, 0.05) is 11.4 Å². The Labute approximate surface area is 103 Å². The van der Waals surface area contributed by atoms with Crippen molar-refractivity contribution in [3.8, 4) is 0 Å². The summed E-state index contributed by atoms with van der Waals surface area (Å²) in [5.74, 6) is 0.0130. The number of hydrogen-bond donors (Lipinski definition) is 0. The van der Waals surface area contributed by atoms with E-state index in [0.717, 1.165) is 0 Å². The molecule has 0 radical (unpaired) electrons. The minimum absolute atomic E-state index is 0.00196. The molecule has 0 aliphatic carbocycles. The van der Waals surface area contributed by atoms with E-state index in [2.05, 4.69) is 0 Å². The second-order valence-corrected chi connectivity index (χ2v) is 4.22. The molecule has 0 aliphatic heterocycles. The van der Waals surface area contributed by atoms with Gasteiger partial charge in [-0.2, -0.15) is 0 Å². The highest BCUT2D eigenvalue weighted by Crippen LogP contribution is 2.17. The first kappa shape index (κ1) is 11.9. The maximum absolute atomic E-state index is 13.5. The van der Waals surface area contributed by atoms with Gasteiger partial charge >= 0.3 is 0 Å². The Morgan fingerprint density at radius 1 is 1.41 bits per heavy atom. The van der Waals surface area contributed by atoms with Crippen LogP contribution in [0.2, 0.25) is 5.02 Å². The second kappa shape index (κ2) is 4.72. The average Bonchev–Trinajstić information content (AvgIpc) is 2.69. The summed E-state index contributed by atoms with van der Waals surface area (Å²) in [7, 11) is 0. The molecule has 0 bridgehead atoms. The quantitative estimate of drug-likeness (QED) is 0.778. The van der Waals surface area contributed by atoms with E-state index in [0.29, 0.717) is 21.9 Å². The van der Waals surface area contributed by atoms with Gasteiger partial charge in [-0.15, -0.1) is 0 Å². The molecule has 1 aromatic heterocycles. The topological polar surface area (TPSA) is 30.2 Å². The number of halogens is 2. The summed E-state index contributed by atoms with van der Waals surface area (Å²) in [6.07, 6.45) is 1.38. The van der Waals surface area contributed by atoms with Crippen LogP contribution in [-0.4, -0.2) is 5.78 Å². The standard InChI is InChI=1S/C13H10ClFO2/c1-8-4-10(7-17-8)13(16)5-9-2-3-11(14)6-12(9)15/h2-4,6-7H,5H2,1H3. The number of rotatable bonds is 3. The largest absolute Gasteiger partial charge is 0.469 e. The van der Waals surface area contributed by atoms with Gasteiger partial charge in [0.2, 0.25) is 0 Å². The van der Waals surface area contributed by atoms with Crippen LogP contribution in [0.5, 0.6) is 0 Å². The molecule has 0 spiro atoms. The Kier molecular flexibility index (Phi) is 3.29. The smallest absolute Gasteiger partial charge is 0.170 e. The predicted molar refractivity (Wildman–Crippen MR) is 62.9 cm³/mol. The van der Waals surface area contributed by atoms with Crippen LogP contribution in [0.1, 0.15) is 21.7 Å². The van der Waals surface area contributed by atoms with E-state index < -0.39 is 5.82 Å². The summed E-state index contributed by atoms with van der Waals surface area (Å²) in [5, 5.41) is 0.317. The number of Topliss-reactive ketones (excluding diaryl/α,β-unsaturated/α-hetero) is 1. The van der Waals surface area contributed by atoms with Crippen LogP contribution < -0.4 is 0 Å². The van der Waals surface area contributed by atoms with E-state index in [1.807, 2.05) is 0 Å². The molecule has 88 valence electrons. The van der Waals surface area contributed by atoms with E-state index in [1.165, 1.54) is 18.4 Å². The molecule has 0 fully saturated rings. The molecule has 1 heterocycles. The van der Waals surface area contributed by atoms with Crippen molar-refractivity contribution in [1.29, 1.82) is 0 Å². The summed E-state index contributed by atoms with van der Waals surface area (Å²) in [6.45, 7) is 1.75. The van der Waals surface area contributed by atoms with Crippen molar-refractivity contribution in [2.24, 2.45) is 0 Å². The van der Waals surface area contributed by atoms with Gasteiger partial charge in [0.15, 0.2) is 5.78 Å². The van der Waals surface area contributed by atoms with Crippen LogP contribution in [-0.2, 0) is 6.42 Å². The van der Waals surface area contributed by atoms with E-state index >= 15 is 0 Å². The second-order valence-electron chi connectivity index (χ2n) is 3.78. The summed E-state index contributed by atoms with van der Waals surface area (Å²) in [4.78, 5) is 11.8. The van der Waals surface area contributed by atoms with Crippen LogP contribution >= 0.6 is 11.6 Å². The lowest BCUT2D eigenvalue weighted by Gasteiger charge is -2.01. The van der Waals surface area contributed by atoms with Gasteiger partial charge in [0.05, 0.1) is 5.56 Å². The molecule has 2 rings (SSSR count). The number of furan rings is 1. The van der Waals surface area contributed by atoms with Crippen LogP contribution in [0.15, 0.2) is 34.9 Å². The maximum Gasteiger partial charge on any atom is 0.170 e. The third kappa shape index (κ3) is 2.74. The van der Waals surface area contributed by atoms with Crippen LogP contribution in [0.4, 0.5) is 4.39 Å². The molecule has 0 saturated carbocycles. The van der Waals surface area contributed by atoms with Gasteiger partial charge < -0.3 is 4.42 Å². The first-order valence-electron chi connectivity index (χ1n) is 5.08. The SMILES string of the molecule is Cc1cc(C(=O)Cc2ccc(Cl)cc2F)co1. The zero-order valence-electron chi connectivity index (χ0n) is 9.17. The third-order valence-corrected chi connectivity index (χ3v) is 2.65. The van der Waals surface area contributed by atoms with Gasteiger partial charge in [-0.25, -0.2) is 4.39 Å². The van der Waals surface area contributed by atoms with Crippen molar-refractivity contribution in [2.45, 2.75) is 13.3 Å². The average molecular weight is 253 g/mol. The molecule has 17 heavy (non-hydrogen) atoms. The van der Waals surface area contributed by atoms with Crippen molar-refractivity contribution in [1.82, 2.24) is 0 Å². The highest BCUT2D eigenvalue weighted by atomic mass is 35.5. The molecule has 1 aromatic carbocycles. The Balaban J connectivity index is 2.18. The van der Waals surface area contributed by atoms with Crippen molar-refractivity contribution < 1.29 is 13.6 Å². The van der Waals surface area contributed by atoms with Crippen molar-refractivity contribution in [3.63, 3.8) is 0 Å². The number of carbonyl (C=O) groups is 1. The lowest BCUT2D eigenvalue weighted by atomic mass is 10.0. The molecular formula is C13H10ClFO2. The lowest BCUT2D eigenvalue weighted by Crippen LogP contribution is -2.04. The molecule has 0 amide bonds. The van der Waals surface area contributed by atoms with E-state index in [9.17, 15) is 9.18 Å². The zero-order valence-corrected chi connectivity index (χ0v) is 9.92. The Bertz CT molecular complexity index is 560. The van der Waals surface area contributed by atoms with Gasteiger partial charge in [0.25, 0.3) is 0 Å². The normalized spacial score (nSPS) is 10.5. The first-order chi connectivity index (χ1) is 8.06. The lowest BCUT2D eigenvalue weighted by molar-refractivity contribution is 0.0991. The van der Waals surface area contributed by atoms with Crippen molar-refractivity contribution >= 4 is 17.4 Å². The summed E-state index contributed by atoms with van der Waals surface area (Å²) >= 11 is 5.63. The number of benzene rings is 1. The number of aryl methyl sites for hydroxylation is 1. The van der Waals surface area contributed by atoms with Gasteiger partial charge in [-0.05, 0) is 30.7 Å². The maximum atomic E-state index is 13.5. The highest BCUT2D eigenvalue weighted by Gasteiger charge is 2.12. The van der Waals surface area contributed by atoms with E-state index in [1.54, 1.807) is 19.1 Å². The molecule has 2 aromatic rings. The minimum Gasteiger partial charge on any atom is -0.469 e. The Morgan fingerprint density at radius 3 is 2.76 bits per heavy atom. The van der Waals surface area contributed by atoms with Crippen molar-refractivity contribution in [3.05, 3.63) is 58.3 Å². The van der Waals surface area contributed by atoms with Crippen LogP contribution in [0.25, 0.3) is 0 Å². The van der Waals surface area contributed by atoms with Crippen LogP contribution in [0, 0.1) is 12.7 Å². The Hall–Kier alpha value is -1.61. The van der Waals surface area contributed by atoms with Crippen molar-refractivity contribution in [2.75, 3.05) is 0 Å². The zero-order chi connectivity index (χ0) is 12.4. The molecule has 0 aliphatic rings. The minimum atomic E-state index is -0.467. The van der Waals surface area contributed by atoms with E-state index in [-0.39, 0.29) is 12.2 Å². The summed E-state index contributed by atoms with van der Waals surface area (Å²) in [6, 6.07) is 5.91. The molecule has 0 unspecified atom stereocenters. The Morgan fingerprint density at radius 2 is 2.18 bits per heavy atom. The molecule has 2 nitrogen and oxygen atoms in total. The molecule has 0 atom stereocenters. The molecule has 0 N–H and O–H groups in total. The highest BCUT2D eigenvalue weighted by molar-refractivity contribution is 6.30. The third-order valence-electron chi connectivity index (χ3n) is 2.42. The first-order valence-corrected chi connectivity index (χ1v) is 5.46. The van der Waals surface area contributed by atoms with Gasteiger partial charge in [0.1, 0.15) is 17.8 Å². The fourth-order valence-electron chi connectivity index (χ4n) is 1.53. The fraction of sp³-hybridized carbons (Fsp3) is 0.154. The van der Waals surface area contributed by atoms with Crippen LogP contribution in [0.3, 0.4) is 0 Å². The number of carbonyl (C=O) groups excluding carboxylic acids is 1. The van der Waals surface area contributed by atoms with Gasteiger partial charge in [-0.3, -0.25) is 4.79 Å². The molecule has 0 saturated heterocycles. The summed E-state index contributed by atoms with van der Waals surface area (Å²) < 4.78 is 18.5. The monoisotopic (exact) mass is 252 g/mol. The predicted octanol–water partition coefficient (Wildman–Crippen LogP) is 3.81. The van der Waals surface area contributed by atoms with E-state index in [4.69, 9.17) is 16.0 Å².